The number of rotatable bonds is 2. The van der Waals surface area contributed by atoms with E-state index in [1.165, 1.54) is 7.05 Å². The van der Waals surface area contributed by atoms with E-state index in [1.54, 1.807) is 0 Å². The highest BCUT2D eigenvalue weighted by molar-refractivity contribution is 5.66. The van der Waals surface area contributed by atoms with Crippen molar-refractivity contribution < 1.29 is 18.3 Å². The summed E-state index contributed by atoms with van der Waals surface area (Å²) in [6.07, 6.45) is -0.846. The lowest BCUT2D eigenvalue weighted by Gasteiger charge is -2.09. The molecule has 0 spiro atoms. The predicted molar refractivity (Wildman–Crippen MR) is 31.0 cm³/mol. The summed E-state index contributed by atoms with van der Waals surface area (Å²) >= 11 is 0. The molecule has 0 radical (unpaired) electrons. The zero-order chi connectivity index (χ0) is 8.20. The number of hydrogen-bond donors (Lipinski definition) is 1. The van der Waals surface area contributed by atoms with Crippen molar-refractivity contribution in [1.82, 2.24) is 5.32 Å². The second kappa shape index (κ2) is 3.34. The van der Waals surface area contributed by atoms with Crippen LogP contribution >= 0.6 is 0 Å². The van der Waals surface area contributed by atoms with Crippen molar-refractivity contribution in [3.63, 3.8) is 0 Å². The summed E-state index contributed by atoms with van der Waals surface area (Å²) in [4.78, 5) is 10.2. The summed E-state index contributed by atoms with van der Waals surface area (Å²) in [5.41, 5.74) is 0. The van der Waals surface area contributed by atoms with Crippen LogP contribution in [-0.2, 0) is 4.74 Å². The molecule has 1 amide bonds. The molecular formula is C5H9F2NO2. The number of halogens is 2. The molecule has 0 aliphatic heterocycles. The Morgan fingerprint density at radius 1 is 1.70 bits per heavy atom. The zero-order valence-corrected chi connectivity index (χ0v) is 5.78. The third kappa shape index (κ3) is 5.27. The summed E-state index contributed by atoms with van der Waals surface area (Å²) < 4.78 is 27.9. The summed E-state index contributed by atoms with van der Waals surface area (Å²) in [6.45, 7) is -0.206. The van der Waals surface area contributed by atoms with Gasteiger partial charge in [0.2, 0.25) is 0 Å². The Morgan fingerprint density at radius 2 is 2.20 bits per heavy atom. The highest BCUT2D eigenvalue weighted by Crippen LogP contribution is 2.10. The van der Waals surface area contributed by atoms with Gasteiger partial charge in [-0.05, 0) is 0 Å². The maximum atomic E-state index is 11.9. The van der Waals surface area contributed by atoms with Crippen LogP contribution in [0.15, 0.2) is 0 Å². The van der Waals surface area contributed by atoms with Crippen molar-refractivity contribution in [1.29, 1.82) is 0 Å². The number of hydrogen-bond acceptors (Lipinski definition) is 2. The summed E-state index contributed by atoms with van der Waals surface area (Å²) in [6, 6.07) is 0. The lowest BCUT2D eigenvalue weighted by molar-refractivity contribution is -0.0381. The normalized spacial score (nSPS) is 10.8. The van der Waals surface area contributed by atoms with Crippen molar-refractivity contribution >= 4 is 6.09 Å². The van der Waals surface area contributed by atoms with Crippen molar-refractivity contribution in [2.24, 2.45) is 0 Å². The third-order valence-corrected chi connectivity index (χ3v) is 0.661. The van der Waals surface area contributed by atoms with Gasteiger partial charge >= 0.3 is 6.09 Å². The number of amides is 1. The molecule has 0 fully saturated rings. The minimum Gasteiger partial charge on any atom is -0.443 e. The molecule has 0 aliphatic carbocycles. The fraction of sp³-hybridized carbons (Fsp3) is 0.800. The molecular weight excluding hydrogens is 144 g/mol. The van der Waals surface area contributed by atoms with Crippen molar-refractivity contribution in [3.05, 3.63) is 0 Å². The Kier molecular flexibility index (Phi) is 3.05. The van der Waals surface area contributed by atoms with Gasteiger partial charge in [-0.15, -0.1) is 0 Å². The molecule has 10 heavy (non-hydrogen) atoms. The van der Waals surface area contributed by atoms with Gasteiger partial charge in [-0.25, -0.2) is 13.6 Å². The first kappa shape index (κ1) is 9.13. The number of carbonyl (C=O) groups excluding carboxylic acids is 1. The van der Waals surface area contributed by atoms with Crippen LogP contribution in [-0.4, -0.2) is 25.7 Å². The molecule has 0 aromatic heterocycles. The standard InChI is InChI=1S/C5H9F2NO2/c1-5(6,7)3-10-4(9)8-2/h3H2,1-2H3,(H,8,9). The molecule has 0 bridgehead atoms. The first-order valence-electron chi connectivity index (χ1n) is 2.68. The summed E-state index contributed by atoms with van der Waals surface area (Å²) in [5, 5.41) is 2.04. The van der Waals surface area contributed by atoms with Gasteiger partial charge in [0.1, 0.15) is 0 Å². The molecule has 0 aromatic carbocycles. The number of carbonyl (C=O) groups is 1. The topological polar surface area (TPSA) is 38.3 Å². The fourth-order valence-corrected chi connectivity index (χ4v) is 0.264. The minimum absolute atomic E-state index is 0.677. The highest BCUT2D eigenvalue weighted by Gasteiger charge is 2.22. The van der Waals surface area contributed by atoms with E-state index < -0.39 is 18.6 Å². The summed E-state index contributed by atoms with van der Waals surface area (Å²) in [5.74, 6) is -2.95. The summed E-state index contributed by atoms with van der Waals surface area (Å²) in [7, 11) is 1.30. The molecule has 0 aliphatic rings. The average molecular weight is 153 g/mol. The molecule has 3 nitrogen and oxygen atoms in total. The zero-order valence-electron chi connectivity index (χ0n) is 5.78. The smallest absolute Gasteiger partial charge is 0.407 e. The van der Waals surface area contributed by atoms with Gasteiger partial charge in [0.05, 0.1) is 0 Å². The number of nitrogens with one attached hydrogen (secondary N) is 1. The van der Waals surface area contributed by atoms with E-state index in [0.717, 1.165) is 0 Å². The monoisotopic (exact) mass is 153 g/mol. The third-order valence-electron chi connectivity index (χ3n) is 0.661. The van der Waals surface area contributed by atoms with Gasteiger partial charge in [-0.2, -0.15) is 0 Å². The van der Waals surface area contributed by atoms with Gasteiger partial charge in [0, 0.05) is 14.0 Å². The van der Waals surface area contributed by atoms with Gasteiger partial charge in [0.25, 0.3) is 5.92 Å². The Balaban J connectivity index is 3.46. The molecule has 5 heteroatoms. The molecule has 0 atom stereocenters. The lowest BCUT2D eigenvalue weighted by Crippen LogP contribution is -2.26. The number of alkyl halides is 2. The highest BCUT2D eigenvalue weighted by atomic mass is 19.3. The van der Waals surface area contributed by atoms with E-state index in [9.17, 15) is 13.6 Å². The molecule has 0 heterocycles. The molecule has 0 saturated carbocycles. The average Bonchev–Trinajstić information content (AvgIpc) is 1.81. The lowest BCUT2D eigenvalue weighted by atomic mass is 10.4. The van der Waals surface area contributed by atoms with Gasteiger partial charge in [0.15, 0.2) is 6.61 Å². The Hall–Kier alpha value is -0.870. The minimum atomic E-state index is -2.95. The van der Waals surface area contributed by atoms with Gasteiger partial charge in [-0.3, -0.25) is 0 Å². The SMILES string of the molecule is CNC(=O)OCC(C)(F)F. The van der Waals surface area contributed by atoms with E-state index in [2.05, 4.69) is 4.74 Å². The van der Waals surface area contributed by atoms with Crippen LogP contribution in [0.2, 0.25) is 0 Å². The molecule has 0 rings (SSSR count). The van der Waals surface area contributed by atoms with E-state index in [4.69, 9.17) is 0 Å². The van der Waals surface area contributed by atoms with Crippen LogP contribution in [0.25, 0.3) is 0 Å². The maximum absolute atomic E-state index is 11.9. The molecule has 0 aromatic rings. The van der Waals surface area contributed by atoms with Crippen molar-refractivity contribution in [2.45, 2.75) is 12.8 Å². The Bertz CT molecular complexity index is 121. The van der Waals surface area contributed by atoms with E-state index in [1.807, 2.05) is 5.32 Å². The first-order valence-corrected chi connectivity index (χ1v) is 2.68. The maximum Gasteiger partial charge on any atom is 0.407 e. The second-order valence-electron chi connectivity index (χ2n) is 1.90. The largest absolute Gasteiger partial charge is 0.443 e. The molecule has 0 unspecified atom stereocenters. The van der Waals surface area contributed by atoms with Crippen molar-refractivity contribution in [3.8, 4) is 0 Å². The Morgan fingerprint density at radius 3 is 2.50 bits per heavy atom. The fourth-order valence-electron chi connectivity index (χ4n) is 0.264. The van der Waals surface area contributed by atoms with Crippen LogP contribution in [0, 0.1) is 0 Å². The number of ether oxygens (including phenoxy) is 1. The van der Waals surface area contributed by atoms with E-state index in [-0.39, 0.29) is 0 Å². The van der Waals surface area contributed by atoms with Gasteiger partial charge in [-0.1, -0.05) is 0 Å². The predicted octanol–water partition coefficient (Wildman–Crippen LogP) is 0.998. The van der Waals surface area contributed by atoms with Gasteiger partial charge < -0.3 is 10.1 Å². The van der Waals surface area contributed by atoms with Crippen LogP contribution in [0.1, 0.15) is 6.92 Å². The van der Waals surface area contributed by atoms with Crippen LogP contribution in [0.3, 0.4) is 0 Å². The van der Waals surface area contributed by atoms with Crippen LogP contribution in [0.4, 0.5) is 13.6 Å². The Labute approximate surface area is 57.4 Å². The molecule has 0 saturated heterocycles. The molecule has 60 valence electrons. The van der Waals surface area contributed by atoms with E-state index in [0.29, 0.717) is 6.92 Å². The number of alkyl carbamates (subject to hydrolysis) is 1. The second-order valence-corrected chi connectivity index (χ2v) is 1.90. The van der Waals surface area contributed by atoms with Crippen LogP contribution in [0.5, 0.6) is 0 Å². The van der Waals surface area contributed by atoms with Crippen molar-refractivity contribution in [2.75, 3.05) is 13.7 Å². The first-order chi connectivity index (χ1) is 4.45. The van der Waals surface area contributed by atoms with E-state index >= 15 is 0 Å². The van der Waals surface area contributed by atoms with Crippen LogP contribution < -0.4 is 5.32 Å². The quantitative estimate of drug-likeness (QED) is 0.642. The molecule has 1 N–H and O–H groups in total.